The Morgan fingerprint density at radius 1 is 1.00 bits per heavy atom. The van der Waals surface area contributed by atoms with Crippen molar-refractivity contribution < 1.29 is 49.6 Å². The minimum atomic E-state index is -1.61. The van der Waals surface area contributed by atoms with E-state index in [9.17, 15) is 45.0 Å². The van der Waals surface area contributed by atoms with Gasteiger partial charge in [-0.25, -0.2) is 9.78 Å². The molecular formula is C22H28N4O12. The van der Waals surface area contributed by atoms with Gasteiger partial charge in [0.15, 0.2) is 12.5 Å². The van der Waals surface area contributed by atoms with Crippen LogP contribution in [0.1, 0.15) is 22.4 Å². The monoisotopic (exact) mass is 540 g/mol. The summed E-state index contributed by atoms with van der Waals surface area (Å²) >= 11 is 0. The molecule has 0 saturated carbocycles. The van der Waals surface area contributed by atoms with Crippen LogP contribution in [0.5, 0.6) is 0 Å². The smallest absolute Gasteiger partial charge is 0.330 e. The lowest BCUT2D eigenvalue weighted by atomic mass is 9.99. The van der Waals surface area contributed by atoms with Gasteiger partial charge in [-0.1, -0.05) is 6.07 Å². The fourth-order valence-corrected chi connectivity index (χ4v) is 4.10. The van der Waals surface area contributed by atoms with Gasteiger partial charge in [-0.2, -0.15) is 0 Å². The van der Waals surface area contributed by atoms with Gasteiger partial charge in [0.05, 0.1) is 18.9 Å². The zero-order valence-corrected chi connectivity index (χ0v) is 19.7. The van der Waals surface area contributed by atoms with Gasteiger partial charge < -0.3 is 50.2 Å². The summed E-state index contributed by atoms with van der Waals surface area (Å²) in [4.78, 5) is 42.1. The van der Waals surface area contributed by atoms with E-state index in [1.54, 1.807) is 0 Å². The van der Waals surface area contributed by atoms with Gasteiger partial charge in [0.1, 0.15) is 48.4 Å². The Morgan fingerprint density at radius 2 is 1.74 bits per heavy atom. The summed E-state index contributed by atoms with van der Waals surface area (Å²) in [6.07, 6.45) is -11.5. The third-order valence-corrected chi connectivity index (χ3v) is 6.21. The topological polar surface area (TPSA) is 246 Å². The van der Waals surface area contributed by atoms with Gasteiger partial charge in [-0.15, -0.1) is 0 Å². The van der Waals surface area contributed by atoms with Crippen molar-refractivity contribution in [1.29, 1.82) is 0 Å². The highest BCUT2D eigenvalue weighted by Crippen LogP contribution is 2.28. The highest BCUT2D eigenvalue weighted by Gasteiger charge is 2.45. The molecule has 208 valence electrons. The molecule has 8 N–H and O–H groups in total. The maximum atomic E-state index is 12.6. The quantitative estimate of drug-likeness (QED) is 0.157. The standard InChI is InChI=1S/C22H28N4O12/c27-7-12-15(30)16(31)18(33)21(38-12)36-8-9-2-1-3-10(24-9)19(34)23-6-11-14(29)17(32)20(37-11)26-5-4-13(28)25-22(26)35/h1-5,11-12,14-18,20-21,27,29-33H,6-8H2,(H,23,34)(H,25,28,35)/t11-,12-,14-,15+,16+,17-,18+,20-,21-/m1/s1. The summed E-state index contributed by atoms with van der Waals surface area (Å²) in [6.45, 7) is -1.12. The Kier molecular flexibility index (Phi) is 8.66. The summed E-state index contributed by atoms with van der Waals surface area (Å²) in [6, 6.07) is 5.49. The third-order valence-electron chi connectivity index (χ3n) is 6.21. The van der Waals surface area contributed by atoms with E-state index in [1.165, 1.54) is 18.2 Å². The van der Waals surface area contributed by atoms with E-state index in [-0.39, 0.29) is 24.5 Å². The van der Waals surface area contributed by atoms with Gasteiger partial charge in [-0.3, -0.25) is 19.1 Å². The van der Waals surface area contributed by atoms with Crippen LogP contribution in [-0.4, -0.2) is 113 Å². The summed E-state index contributed by atoms with van der Waals surface area (Å²) in [5.74, 6) is -0.658. The van der Waals surface area contributed by atoms with Crippen LogP contribution in [0.2, 0.25) is 0 Å². The number of rotatable bonds is 8. The van der Waals surface area contributed by atoms with Crippen LogP contribution in [0.3, 0.4) is 0 Å². The molecule has 2 aliphatic rings. The van der Waals surface area contributed by atoms with Crippen LogP contribution in [0, 0.1) is 0 Å². The van der Waals surface area contributed by atoms with Gasteiger partial charge in [-0.05, 0) is 12.1 Å². The molecular weight excluding hydrogens is 512 g/mol. The zero-order chi connectivity index (χ0) is 27.6. The number of aromatic nitrogens is 3. The van der Waals surface area contributed by atoms with Crippen molar-refractivity contribution in [2.45, 2.75) is 61.9 Å². The normalized spacial score (nSPS) is 33.3. The SMILES string of the molecule is O=C(NC[C@H]1O[C@@H](n2ccc(=O)[nH]c2=O)[C@H](O)[C@@H]1O)c1cccc(CO[C@@H]2O[C@H](CO)[C@H](O)[C@H](O)[C@@H]2O)n1. The number of hydrogen-bond acceptors (Lipinski definition) is 13. The molecule has 0 bridgehead atoms. The molecule has 0 spiro atoms. The van der Waals surface area contributed by atoms with Crippen molar-refractivity contribution in [1.82, 2.24) is 19.9 Å². The second kappa shape index (κ2) is 11.8. The first-order valence-corrected chi connectivity index (χ1v) is 11.6. The largest absolute Gasteiger partial charge is 0.394 e. The summed E-state index contributed by atoms with van der Waals surface area (Å²) in [5.41, 5.74) is -1.28. The Hall–Kier alpha value is -3.06. The van der Waals surface area contributed by atoms with Crippen molar-refractivity contribution in [2.75, 3.05) is 13.2 Å². The van der Waals surface area contributed by atoms with Crippen LogP contribution in [0.25, 0.3) is 0 Å². The number of amides is 1. The molecule has 2 saturated heterocycles. The highest BCUT2D eigenvalue weighted by atomic mass is 16.7. The second-order valence-corrected chi connectivity index (χ2v) is 8.80. The van der Waals surface area contributed by atoms with Gasteiger partial charge in [0, 0.05) is 18.8 Å². The number of aromatic amines is 1. The summed E-state index contributed by atoms with van der Waals surface area (Å²) < 4.78 is 17.1. The van der Waals surface area contributed by atoms with E-state index in [2.05, 4.69) is 10.3 Å². The Labute approximate surface area is 213 Å². The number of H-pyrrole nitrogens is 1. The molecule has 0 aromatic carbocycles. The molecule has 2 aliphatic heterocycles. The van der Waals surface area contributed by atoms with Gasteiger partial charge in [0.2, 0.25) is 0 Å². The van der Waals surface area contributed by atoms with E-state index < -0.39 is 79.0 Å². The van der Waals surface area contributed by atoms with Gasteiger partial charge >= 0.3 is 5.69 Å². The number of nitrogens with one attached hydrogen (secondary N) is 2. The number of ether oxygens (including phenoxy) is 3. The molecule has 1 amide bonds. The highest BCUT2D eigenvalue weighted by molar-refractivity contribution is 5.92. The number of nitrogens with zero attached hydrogens (tertiary/aromatic N) is 2. The molecule has 4 heterocycles. The maximum absolute atomic E-state index is 12.6. The molecule has 9 atom stereocenters. The fraction of sp³-hybridized carbons (Fsp3) is 0.545. The van der Waals surface area contributed by atoms with E-state index in [0.29, 0.717) is 0 Å². The van der Waals surface area contributed by atoms with Crippen LogP contribution < -0.4 is 16.6 Å². The lowest BCUT2D eigenvalue weighted by Crippen LogP contribution is -2.59. The molecule has 2 aromatic rings. The Morgan fingerprint density at radius 3 is 2.45 bits per heavy atom. The number of aliphatic hydroxyl groups excluding tert-OH is 6. The van der Waals surface area contributed by atoms with Crippen LogP contribution in [0.15, 0.2) is 40.1 Å². The van der Waals surface area contributed by atoms with Crippen LogP contribution in [0.4, 0.5) is 0 Å². The molecule has 4 rings (SSSR count). The lowest BCUT2D eigenvalue weighted by Gasteiger charge is -2.39. The fourth-order valence-electron chi connectivity index (χ4n) is 4.10. The Balaban J connectivity index is 1.34. The lowest BCUT2D eigenvalue weighted by molar-refractivity contribution is -0.304. The van der Waals surface area contributed by atoms with E-state index >= 15 is 0 Å². The number of aliphatic hydroxyl groups is 6. The molecule has 2 fully saturated rings. The molecule has 0 unspecified atom stereocenters. The van der Waals surface area contributed by atoms with E-state index in [1.807, 2.05) is 4.98 Å². The van der Waals surface area contributed by atoms with E-state index in [0.717, 1.165) is 16.8 Å². The molecule has 2 aromatic heterocycles. The summed E-state index contributed by atoms with van der Waals surface area (Å²) in [5, 5.41) is 62.2. The zero-order valence-electron chi connectivity index (χ0n) is 19.7. The first kappa shape index (κ1) is 28.0. The van der Waals surface area contributed by atoms with E-state index in [4.69, 9.17) is 14.2 Å². The number of carbonyl (C=O) groups excluding carboxylic acids is 1. The minimum Gasteiger partial charge on any atom is -0.394 e. The average molecular weight is 540 g/mol. The molecule has 38 heavy (non-hydrogen) atoms. The number of hydrogen-bond donors (Lipinski definition) is 8. The number of pyridine rings is 1. The Bertz CT molecular complexity index is 1240. The van der Waals surface area contributed by atoms with Crippen molar-refractivity contribution in [3.05, 3.63) is 62.7 Å². The number of carbonyl (C=O) groups is 1. The van der Waals surface area contributed by atoms with Crippen LogP contribution >= 0.6 is 0 Å². The average Bonchev–Trinajstić information content (AvgIpc) is 3.18. The predicted octanol–water partition coefficient (Wildman–Crippen LogP) is -4.70. The van der Waals surface area contributed by atoms with Crippen molar-refractivity contribution >= 4 is 5.91 Å². The van der Waals surface area contributed by atoms with Crippen molar-refractivity contribution in [3.8, 4) is 0 Å². The first-order valence-electron chi connectivity index (χ1n) is 11.6. The predicted molar refractivity (Wildman–Crippen MR) is 122 cm³/mol. The van der Waals surface area contributed by atoms with Crippen molar-refractivity contribution in [2.24, 2.45) is 0 Å². The van der Waals surface area contributed by atoms with Crippen molar-refractivity contribution in [3.63, 3.8) is 0 Å². The van der Waals surface area contributed by atoms with Gasteiger partial charge in [0.25, 0.3) is 11.5 Å². The maximum Gasteiger partial charge on any atom is 0.330 e. The molecule has 16 heteroatoms. The first-order chi connectivity index (χ1) is 18.1. The molecule has 0 aliphatic carbocycles. The summed E-state index contributed by atoms with van der Waals surface area (Å²) in [7, 11) is 0. The second-order valence-electron chi connectivity index (χ2n) is 8.80. The third kappa shape index (κ3) is 5.83. The minimum absolute atomic E-state index is 0.0404. The molecule has 16 nitrogen and oxygen atoms in total. The van der Waals surface area contributed by atoms with Crippen LogP contribution in [-0.2, 0) is 20.8 Å². The molecule has 0 radical (unpaired) electrons.